The minimum Gasteiger partial charge on any atom is -0.392 e. The van der Waals surface area contributed by atoms with Crippen LogP contribution in [0, 0.1) is 12.7 Å². The van der Waals surface area contributed by atoms with Crippen LogP contribution in [0.4, 0.5) is 4.39 Å². The molecule has 1 aromatic rings. The zero-order chi connectivity index (χ0) is 12.6. The summed E-state index contributed by atoms with van der Waals surface area (Å²) in [5.74, 6) is -0.753. The van der Waals surface area contributed by atoms with Crippen LogP contribution in [0.2, 0.25) is 0 Å². The van der Waals surface area contributed by atoms with Gasteiger partial charge in [0, 0.05) is 13.1 Å². The summed E-state index contributed by atoms with van der Waals surface area (Å²) >= 11 is 0. The number of hydrogen-bond donors (Lipinski definition) is 1. The maximum Gasteiger partial charge on any atom is 0.246 e. The van der Waals surface area contributed by atoms with E-state index in [1.165, 1.54) is 12.1 Å². The predicted molar refractivity (Wildman–Crippen MR) is 60.5 cm³/mol. The van der Waals surface area contributed by atoms with Gasteiger partial charge in [0.1, 0.15) is 10.7 Å². The Balaban J connectivity index is 2.41. The summed E-state index contributed by atoms with van der Waals surface area (Å²) in [6.45, 7) is 1.98. The Morgan fingerprint density at radius 3 is 2.76 bits per heavy atom. The summed E-state index contributed by atoms with van der Waals surface area (Å²) in [7, 11) is -3.83. The number of sulfonamides is 1. The third kappa shape index (κ3) is 2.34. The molecule has 0 amide bonds. The molecule has 1 fully saturated rings. The monoisotopic (exact) mass is 259 g/mol. The lowest BCUT2D eigenvalue weighted by molar-refractivity contribution is 0.189. The Morgan fingerprint density at radius 1 is 1.47 bits per heavy atom. The van der Waals surface area contributed by atoms with Gasteiger partial charge in [0.05, 0.1) is 6.10 Å². The summed E-state index contributed by atoms with van der Waals surface area (Å²) < 4.78 is 38.9. The molecule has 1 N–H and O–H groups in total. The molecule has 1 aliphatic heterocycles. The Kier molecular flexibility index (Phi) is 3.20. The van der Waals surface area contributed by atoms with Gasteiger partial charge in [-0.15, -0.1) is 0 Å². The van der Waals surface area contributed by atoms with Crippen molar-refractivity contribution in [2.75, 3.05) is 13.1 Å². The first-order valence-corrected chi connectivity index (χ1v) is 6.79. The highest BCUT2D eigenvalue weighted by Gasteiger charge is 2.33. The Bertz CT molecular complexity index is 530. The highest BCUT2D eigenvalue weighted by Crippen LogP contribution is 2.24. The van der Waals surface area contributed by atoms with Gasteiger partial charge in [0.2, 0.25) is 10.0 Å². The molecule has 1 saturated heterocycles. The number of benzene rings is 1. The molecule has 1 heterocycles. The molecular formula is C11H14FNO3S. The van der Waals surface area contributed by atoms with Crippen molar-refractivity contribution < 1.29 is 17.9 Å². The van der Waals surface area contributed by atoms with Crippen LogP contribution in [0.25, 0.3) is 0 Å². The fourth-order valence-electron chi connectivity index (χ4n) is 1.88. The number of aliphatic hydroxyl groups is 1. The largest absolute Gasteiger partial charge is 0.392 e. The van der Waals surface area contributed by atoms with E-state index in [-0.39, 0.29) is 18.0 Å². The van der Waals surface area contributed by atoms with E-state index in [1.54, 1.807) is 6.92 Å². The number of aliphatic hydroxyl groups excluding tert-OH is 1. The summed E-state index contributed by atoms with van der Waals surface area (Å²) in [6.07, 6.45) is -0.259. The van der Waals surface area contributed by atoms with Crippen LogP contribution < -0.4 is 0 Å². The molecule has 2 rings (SSSR count). The van der Waals surface area contributed by atoms with Crippen molar-refractivity contribution in [3.8, 4) is 0 Å². The lowest BCUT2D eigenvalue weighted by Crippen LogP contribution is -2.30. The van der Waals surface area contributed by atoms with E-state index < -0.39 is 21.9 Å². The van der Waals surface area contributed by atoms with Crippen LogP contribution in [0.3, 0.4) is 0 Å². The molecule has 0 aliphatic carbocycles. The summed E-state index contributed by atoms with van der Waals surface area (Å²) in [6, 6.07) is 3.98. The highest BCUT2D eigenvalue weighted by atomic mass is 32.2. The van der Waals surface area contributed by atoms with Gasteiger partial charge in [-0.2, -0.15) is 4.31 Å². The van der Waals surface area contributed by atoms with Gasteiger partial charge >= 0.3 is 0 Å². The lowest BCUT2D eigenvalue weighted by Gasteiger charge is -2.16. The Morgan fingerprint density at radius 2 is 2.18 bits per heavy atom. The molecule has 1 aliphatic rings. The van der Waals surface area contributed by atoms with Crippen molar-refractivity contribution >= 4 is 10.0 Å². The molecule has 1 atom stereocenters. The van der Waals surface area contributed by atoms with E-state index in [9.17, 15) is 17.9 Å². The third-order valence-corrected chi connectivity index (χ3v) is 4.71. The number of nitrogens with zero attached hydrogens (tertiary/aromatic N) is 1. The lowest BCUT2D eigenvalue weighted by atomic mass is 10.2. The van der Waals surface area contributed by atoms with Gasteiger partial charge in [-0.1, -0.05) is 6.07 Å². The van der Waals surface area contributed by atoms with Crippen LogP contribution >= 0.6 is 0 Å². The molecule has 94 valence electrons. The summed E-state index contributed by atoms with van der Waals surface area (Å²) in [5.41, 5.74) is 0.685. The number of halogens is 1. The number of β-amino-alcohol motifs (C(OH)–C–C–N with tert-alkyl or cyclic N) is 1. The van der Waals surface area contributed by atoms with Crippen molar-refractivity contribution in [1.82, 2.24) is 4.31 Å². The van der Waals surface area contributed by atoms with Gasteiger partial charge < -0.3 is 5.11 Å². The van der Waals surface area contributed by atoms with Gasteiger partial charge in [-0.25, -0.2) is 12.8 Å². The maximum atomic E-state index is 13.5. The average Bonchev–Trinajstić information content (AvgIpc) is 2.69. The van der Waals surface area contributed by atoms with Crippen molar-refractivity contribution in [3.63, 3.8) is 0 Å². The van der Waals surface area contributed by atoms with Crippen LogP contribution in [-0.2, 0) is 10.0 Å². The van der Waals surface area contributed by atoms with E-state index in [1.807, 2.05) is 0 Å². The zero-order valence-electron chi connectivity index (χ0n) is 9.43. The van der Waals surface area contributed by atoms with Crippen LogP contribution in [0.5, 0.6) is 0 Å². The first-order chi connectivity index (χ1) is 7.91. The van der Waals surface area contributed by atoms with Crippen LogP contribution in [-0.4, -0.2) is 37.0 Å². The second kappa shape index (κ2) is 4.36. The van der Waals surface area contributed by atoms with Crippen molar-refractivity contribution in [1.29, 1.82) is 0 Å². The molecule has 6 heteroatoms. The topological polar surface area (TPSA) is 57.6 Å². The van der Waals surface area contributed by atoms with E-state index >= 15 is 0 Å². The van der Waals surface area contributed by atoms with E-state index in [4.69, 9.17) is 0 Å². The second-order valence-electron chi connectivity index (χ2n) is 4.24. The second-order valence-corrected chi connectivity index (χ2v) is 6.15. The highest BCUT2D eigenvalue weighted by molar-refractivity contribution is 7.89. The number of rotatable bonds is 2. The number of aryl methyl sites for hydroxylation is 1. The first-order valence-electron chi connectivity index (χ1n) is 5.35. The zero-order valence-corrected chi connectivity index (χ0v) is 10.2. The molecule has 0 bridgehead atoms. The van der Waals surface area contributed by atoms with E-state index in [0.717, 1.165) is 10.4 Å². The van der Waals surface area contributed by atoms with Crippen LogP contribution in [0.1, 0.15) is 12.0 Å². The quantitative estimate of drug-likeness (QED) is 0.858. The molecule has 0 saturated carbocycles. The van der Waals surface area contributed by atoms with Crippen molar-refractivity contribution in [2.45, 2.75) is 24.3 Å². The molecule has 0 radical (unpaired) electrons. The standard InChI is InChI=1S/C11H14FNO3S/c1-8-2-3-10(12)11(6-8)17(15,16)13-5-4-9(14)7-13/h2-3,6,9,14H,4-5,7H2,1H3/t9-/m1/s1. The molecule has 0 spiro atoms. The van der Waals surface area contributed by atoms with Gasteiger partial charge in [-0.05, 0) is 31.0 Å². The fourth-order valence-corrected chi connectivity index (χ4v) is 3.52. The van der Waals surface area contributed by atoms with Crippen LogP contribution in [0.15, 0.2) is 23.1 Å². The SMILES string of the molecule is Cc1ccc(F)c(S(=O)(=O)N2CC[C@@H](O)C2)c1. The van der Waals surface area contributed by atoms with Crippen molar-refractivity contribution in [2.24, 2.45) is 0 Å². The molecule has 0 unspecified atom stereocenters. The fraction of sp³-hybridized carbons (Fsp3) is 0.455. The first kappa shape index (κ1) is 12.5. The molecule has 1 aromatic carbocycles. The minimum atomic E-state index is -3.83. The van der Waals surface area contributed by atoms with Gasteiger partial charge in [0.15, 0.2) is 0 Å². The maximum absolute atomic E-state index is 13.5. The van der Waals surface area contributed by atoms with Gasteiger partial charge in [-0.3, -0.25) is 0 Å². The normalized spacial score (nSPS) is 21.9. The van der Waals surface area contributed by atoms with Gasteiger partial charge in [0.25, 0.3) is 0 Å². The molecule has 17 heavy (non-hydrogen) atoms. The summed E-state index contributed by atoms with van der Waals surface area (Å²) in [4.78, 5) is -0.313. The minimum absolute atomic E-state index is 0.0374. The van der Waals surface area contributed by atoms with Crippen molar-refractivity contribution in [3.05, 3.63) is 29.6 Å². The Hall–Kier alpha value is -0.980. The number of hydrogen-bond acceptors (Lipinski definition) is 3. The van der Waals surface area contributed by atoms with E-state index in [0.29, 0.717) is 12.0 Å². The average molecular weight is 259 g/mol. The molecule has 0 aromatic heterocycles. The third-order valence-electron chi connectivity index (χ3n) is 2.83. The molecular weight excluding hydrogens is 245 g/mol. The smallest absolute Gasteiger partial charge is 0.246 e. The Labute approximate surface area is 99.7 Å². The van der Waals surface area contributed by atoms with E-state index in [2.05, 4.69) is 0 Å². The summed E-state index contributed by atoms with van der Waals surface area (Å²) in [5, 5.41) is 9.33. The molecule has 4 nitrogen and oxygen atoms in total. The predicted octanol–water partition coefficient (Wildman–Crippen LogP) is 0.889.